The van der Waals surface area contributed by atoms with Crippen LogP contribution < -0.4 is 51.4 Å². The molecule has 0 rings (SSSR count). The molecule has 0 fully saturated rings. The number of unbranched alkanes of at least 4 members (excludes halogenated alkanes) is 10. The average molecular weight is 268 g/mol. The SMILES string of the molecule is CCCCCCCCCCCCCC(=O)O.[H+].[K+]. The van der Waals surface area contributed by atoms with Gasteiger partial charge in [-0.2, -0.15) is 0 Å². The molecule has 0 unspecified atom stereocenters. The molecule has 0 saturated heterocycles. The maximum absolute atomic E-state index is 10.3. The second kappa shape index (κ2) is 17.1. The van der Waals surface area contributed by atoms with E-state index in [2.05, 4.69) is 6.92 Å². The van der Waals surface area contributed by atoms with Gasteiger partial charge in [-0.05, 0) is 6.42 Å². The molecule has 0 spiro atoms. The Morgan fingerprint density at radius 2 is 1.18 bits per heavy atom. The van der Waals surface area contributed by atoms with Crippen LogP contribution in [0, 0.1) is 0 Å². The van der Waals surface area contributed by atoms with Crippen molar-refractivity contribution in [2.45, 2.75) is 84.0 Å². The topological polar surface area (TPSA) is 37.3 Å². The second-order valence-electron chi connectivity index (χ2n) is 4.68. The van der Waals surface area contributed by atoms with Crippen LogP contribution in [0.2, 0.25) is 0 Å². The molecule has 0 aliphatic rings. The molecule has 0 radical (unpaired) electrons. The Balaban J connectivity index is -0.00000112. The van der Waals surface area contributed by atoms with Crippen LogP contribution in [0.15, 0.2) is 0 Å². The van der Waals surface area contributed by atoms with Crippen LogP contribution in [0.3, 0.4) is 0 Å². The van der Waals surface area contributed by atoms with Crippen LogP contribution in [0.4, 0.5) is 0 Å². The Morgan fingerprint density at radius 3 is 1.53 bits per heavy atom. The van der Waals surface area contributed by atoms with E-state index in [9.17, 15) is 4.79 Å². The van der Waals surface area contributed by atoms with Crippen LogP contribution in [-0.2, 0) is 4.79 Å². The summed E-state index contributed by atoms with van der Waals surface area (Å²) in [6.07, 6.45) is 14.4. The van der Waals surface area contributed by atoms with Gasteiger partial charge in [0.1, 0.15) is 0 Å². The van der Waals surface area contributed by atoms with Crippen LogP contribution in [0.25, 0.3) is 0 Å². The van der Waals surface area contributed by atoms with Crippen molar-refractivity contribution in [3.05, 3.63) is 0 Å². The van der Waals surface area contributed by atoms with E-state index in [1.54, 1.807) is 0 Å². The Hall–Kier alpha value is 1.11. The first-order valence-corrected chi connectivity index (χ1v) is 6.99. The van der Waals surface area contributed by atoms with Gasteiger partial charge in [0.15, 0.2) is 0 Å². The summed E-state index contributed by atoms with van der Waals surface area (Å²) in [6.45, 7) is 2.25. The van der Waals surface area contributed by atoms with Gasteiger partial charge in [-0.1, -0.05) is 71.1 Å². The minimum Gasteiger partial charge on any atom is -0.481 e. The molecule has 0 bridgehead atoms. The monoisotopic (exact) mass is 268 g/mol. The zero-order chi connectivity index (χ0) is 12.1. The summed E-state index contributed by atoms with van der Waals surface area (Å²) in [6, 6.07) is 0. The maximum atomic E-state index is 10.3. The van der Waals surface area contributed by atoms with Gasteiger partial charge >= 0.3 is 58.8 Å². The summed E-state index contributed by atoms with van der Waals surface area (Å²) < 4.78 is 0. The summed E-state index contributed by atoms with van der Waals surface area (Å²) in [7, 11) is 0. The minimum absolute atomic E-state index is 0. The summed E-state index contributed by atoms with van der Waals surface area (Å²) >= 11 is 0. The first-order chi connectivity index (χ1) is 7.77. The van der Waals surface area contributed by atoms with Crippen LogP contribution >= 0.6 is 0 Å². The van der Waals surface area contributed by atoms with E-state index in [4.69, 9.17) is 5.11 Å². The van der Waals surface area contributed by atoms with Gasteiger partial charge in [0.25, 0.3) is 0 Å². The van der Waals surface area contributed by atoms with Crippen molar-refractivity contribution >= 4 is 5.97 Å². The summed E-state index contributed by atoms with van der Waals surface area (Å²) in [5.41, 5.74) is 0. The van der Waals surface area contributed by atoms with Crippen LogP contribution in [0.5, 0.6) is 0 Å². The van der Waals surface area contributed by atoms with E-state index in [1.165, 1.54) is 57.8 Å². The van der Waals surface area contributed by atoms with Gasteiger partial charge in [-0.25, -0.2) is 0 Å². The molecule has 2 nitrogen and oxygen atoms in total. The zero-order valence-corrected chi connectivity index (χ0v) is 15.0. The van der Waals surface area contributed by atoms with Crippen molar-refractivity contribution in [3.63, 3.8) is 0 Å². The molecule has 1 N–H and O–H groups in total. The van der Waals surface area contributed by atoms with Gasteiger partial charge in [0.2, 0.25) is 0 Å². The third-order valence-electron chi connectivity index (χ3n) is 2.99. The normalized spacial score (nSPS) is 9.94. The van der Waals surface area contributed by atoms with Crippen molar-refractivity contribution in [2.75, 3.05) is 0 Å². The summed E-state index contributed by atoms with van der Waals surface area (Å²) in [4.78, 5) is 10.3. The zero-order valence-electron chi connectivity index (χ0n) is 12.8. The minimum atomic E-state index is -0.657. The van der Waals surface area contributed by atoms with Crippen molar-refractivity contribution in [1.82, 2.24) is 0 Å². The molecule has 0 atom stereocenters. The molecule has 96 valence electrons. The molecule has 3 heteroatoms. The van der Waals surface area contributed by atoms with Gasteiger partial charge in [0, 0.05) is 6.42 Å². The van der Waals surface area contributed by atoms with Gasteiger partial charge < -0.3 is 5.11 Å². The molecule has 0 aromatic heterocycles. The van der Waals surface area contributed by atoms with Gasteiger partial charge in [-0.15, -0.1) is 0 Å². The van der Waals surface area contributed by atoms with E-state index in [-0.39, 0.29) is 52.8 Å². The Kier molecular flexibility index (Phi) is 20.6. The van der Waals surface area contributed by atoms with E-state index < -0.39 is 5.97 Å². The van der Waals surface area contributed by atoms with Crippen molar-refractivity contribution < 1.29 is 62.7 Å². The van der Waals surface area contributed by atoms with E-state index in [0.29, 0.717) is 6.42 Å². The predicted molar refractivity (Wildman–Crippen MR) is 69.8 cm³/mol. The third-order valence-corrected chi connectivity index (χ3v) is 2.99. The molecule has 0 aromatic carbocycles. The number of carboxylic acids is 1. The molecule has 0 aliphatic carbocycles. The van der Waals surface area contributed by atoms with Gasteiger partial charge in [0.05, 0.1) is 0 Å². The summed E-state index contributed by atoms with van der Waals surface area (Å²) in [5.74, 6) is -0.657. The first-order valence-electron chi connectivity index (χ1n) is 6.99. The largest absolute Gasteiger partial charge is 1.00 e. The molecular formula is C14H29KO2+2. The number of rotatable bonds is 12. The predicted octanol–water partition coefficient (Wildman–Crippen LogP) is 1.89. The number of hydrogen-bond donors (Lipinski definition) is 1. The second-order valence-corrected chi connectivity index (χ2v) is 4.68. The van der Waals surface area contributed by atoms with Crippen molar-refractivity contribution in [2.24, 2.45) is 0 Å². The third kappa shape index (κ3) is 19.6. The first kappa shape index (κ1) is 20.4. The fourth-order valence-corrected chi connectivity index (χ4v) is 1.94. The number of carbonyl (C=O) groups is 1. The molecular weight excluding hydrogens is 239 g/mol. The quantitative estimate of drug-likeness (QED) is 0.433. The van der Waals surface area contributed by atoms with E-state index >= 15 is 0 Å². The Morgan fingerprint density at radius 1 is 0.824 bits per heavy atom. The molecule has 17 heavy (non-hydrogen) atoms. The molecule has 0 aromatic rings. The van der Waals surface area contributed by atoms with Gasteiger partial charge in [-0.3, -0.25) is 4.79 Å². The summed E-state index contributed by atoms with van der Waals surface area (Å²) in [5, 5.41) is 8.46. The van der Waals surface area contributed by atoms with E-state index in [0.717, 1.165) is 12.8 Å². The molecule has 0 aliphatic heterocycles. The fourth-order valence-electron chi connectivity index (χ4n) is 1.94. The smallest absolute Gasteiger partial charge is 0.481 e. The fraction of sp³-hybridized carbons (Fsp3) is 0.929. The Labute approximate surface area is 151 Å². The standard InChI is InChI=1S/C14H28O2.K/c1-2-3-4-5-6-7-8-9-10-11-12-13-14(15)16;/h2-13H2,1H3,(H,15,16);/q;+1/p+1. The van der Waals surface area contributed by atoms with Crippen LogP contribution in [-0.4, -0.2) is 11.1 Å². The average Bonchev–Trinajstić information content (AvgIpc) is 2.25. The van der Waals surface area contributed by atoms with Crippen molar-refractivity contribution in [3.8, 4) is 0 Å². The number of aliphatic carboxylic acids is 1. The Bertz CT molecular complexity index is 166. The maximum Gasteiger partial charge on any atom is 1.00 e. The molecule has 0 amide bonds. The number of hydrogen-bond acceptors (Lipinski definition) is 1. The molecule has 0 heterocycles. The molecule has 0 saturated carbocycles. The number of carboxylic acid groups (broad SMARTS) is 1. The van der Waals surface area contributed by atoms with Crippen LogP contribution in [0.1, 0.15) is 85.4 Å². The van der Waals surface area contributed by atoms with E-state index in [1.807, 2.05) is 0 Å². The van der Waals surface area contributed by atoms with Crippen molar-refractivity contribution in [1.29, 1.82) is 0 Å².